The summed E-state index contributed by atoms with van der Waals surface area (Å²) < 4.78 is 5.22. The van der Waals surface area contributed by atoms with E-state index in [0.717, 1.165) is 6.42 Å². The number of H-pyrrole nitrogens is 1. The van der Waals surface area contributed by atoms with Crippen LogP contribution in [0.3, 0.4) is 0 Å². The largest absolute Gasteiger partial charge is 0.465 e. The highest BCUT2D eigenvalue weighted by Crippen LogP contribution is 2.12. The average Bonchev–Trinajstić information content (AvgIpc) is 3.17. The smallest absolute Gasteiger partial charge is 0.258 e. The number of fused-ring (bicyclic) bond motifs is 1. The number of amides is 1. The predicted octanol–water partition coefficient (Wildman–Crippen LogP) is 3.36. The van der Waals surface area contributed by atoms with Gasteiger partial charge >= 0.3 is 0 Å². The SMILES string of the molecule is CC[C@H](C)N(Cc1nc2ccccc2c(=O)[nH]1)C(=O)/C=C/c1ccco1. The Morgan fingerprint density at radius 1 is 1.31 bits per heavy atom. The van der Waals surface area contributed by atoms with E-state index in [9.17, 15) is 9.59 Å². The Hall–Kier alpha value is -3.15. The van der Waals surface area contributed by atoms with Gasteiger partial charge in [0.25, 0.3) is 5.56 Å². The minimum Gasteiger partial charge on any atom is -0.465 e. The van der Waals surface area contributed by atoms with Gasteiger partial charge in [0.15, 0.2) is 0 Å². The molecule has 26 heavy (non-hydrogen) atoms. The number of furan rings is 1. The molecule has 6 heteroatoms. The molecule has 0 saturated heterocycles. The molecule has 3 rings (SSSR count). The molecule has 3 aromatic rings. The van der Waals surface area contributed by atoms with E-state index in [2.05, 4.69) is 9.97 Å². The summed E-state index contributed by atoms with van der Waals surface area (Å²) in [6.45, 7) is 4.21. The normalized spacial score (nSPS) is 12.5. The fraction of sp³-hybridized carbons (Fsp3) is 0.250. The Kier molecular flexibility index (Phi) is 5.31. The summed E-state index contributed by atoms with van der Waals surface area (Å²) in [6.07, 6.45) is 5.46. The maximum Gasteiger partial charge on any atom is 0.258 e. The second-order valence-electron chi connectivity index (χ2n) is 6.10. The minimum absolute atomic E-state index is 0.000485. The van der Waals surface area contributed by atoms with Gasteiger partial charge in [-0.05, 0) is 43.7 Å². The second-order valence-corrected chi connectivity index (χ2v) is 6.10. The van der Waals surface area contributed by atoms with Crippen LogP contribution in [0.2, 0.25) is 0 Å². The lowest BCUT2D eigenvalue weighted by Crippen LogP contribution is -2.37. The molecule has 0 aliphatic rings. The molecule has 1 aromatic carbocycles. The van der Waals surface area contributed by atoms with Gasteiger partial charge in [0.2, 0.25) is 5.91 Å². The predicted molar refractivity (Wildman–Crippen MR) is 100 cm³/mol. The molecule has 134 valence electrons. The molecule has 0 saturated carbocycles. The molecule has 0 aliphatic carbocycles. The molecule has 0 aliphatic heterocycles. The van der Waals surface area contributed by atoms with Crippen molar-refractivity contribution in [3.05, 3.63) is 70.7 Å². The number of carbonyl (C=O) groups is 1. The molecule has 6 nitrogen and oxygen atoms in total. The molecular weight excluding hydrogens is 330 g/mol. The molecule has 2 aromatic heterocycles. The van der Waals surface area contributed by atoms with Crippen molar-refractivity contribution in [2.24, 2.45) is 0 Å². The third-order valence-electron chi connectivity index (χ3n) is 4.32. The first-order valence-electron chi connectivity index (χ1n) is 8.58. The summed E-state index contributed by atoms with van der Waals surface area (Å²) in [6, 6.07) is 10.7. The zero-order valence-electron chi connectivity index (χ0n) is 14.8. The monoisotopic (exact) mass is 351 g/mol. The first-order valence-corrected chi connectivity index (χ1v) is 8.58. The van der Waals surface area contributed by atoms with Crippen molar-refractivity contribution >= 4 is 22.9 Å². The summed E-state index contributed by atoms with van der Waals surface area (Å²) in [7, 11) is 0. The Morgan fingerprint density at radius 3 is 2.85 bits per heavy atom. The van der Waals surface area contributed by atoms with E-state index >= 15 is 0 Å². The molecule has 0 spiro atoms. The van der Waals surface area contributed by atoms with Gasteiger partial charge in [-0.3, -0.25) is 9.59 Å². The number of hydrogen-bond donors (Lipinski definition) is 1. The van der Waals surface area contributed by atoms with E-state index in [4.69, 9.17) is 4.42 Å². The summed E-state index contributed by atoms with van der Waals surface area (Å²) in [5.74, 6) is 0.917. The van der Waals surface area contributed by atoms with E-state index in [1.165, 1.54) is 6.08 Å². The van der Waals surface area contributed by atoms with E-state index in [0.29, 0.717) is 22.5 Å². The average molecular weight is 351 g/mol. The van der Waals surface area contributed by atoms with Crippen LogP contribution in [0, 0.1) is 0 Å². The van der Waals surface area contributed by atoms with E-state index in [-0.39, 0.29) is 24.1 Å². The lowest BCUT2D eigenvalue weighted by Gasteiger charge is -2.27. The molecule has 1 atom stereocenters. The molecule has 1 N–H and O–H groups in total. The summed E-state index contributed by atoms with van der Waals surface area (Å²) in [5.41, 5.74) is 0.419. The number of rotatable bonds is 6. The van der Waals surface area contributed by atoms with Gasteiger partial charge in [0.1, 0.15) is 11.6 Å². The Balaban J connectivity index is 1.87. The molecule has 0 fully saturated rings. The molecule has 0 bridgehead atoms. The van der Waals surface area contributed by atoms with Gasteiger partial charge in [-0.2, -0.15) is 0 Å². The number of nitrogens with one attached hydrogen (secondary N) is 1. The first kappa shape index (κ1) is 17.7. The fourth-order valence-electron chi connectivity index (χ4n) is 2.68. The number of para-hydroxylation sites is 1. The highest BCUT2D eigenvalue weighted by Gasteiger charge is 2.19. The lowest BCUT2D eigenvalue weighted by atomic mass is 10.2. The van der Waals surface area contributed by atoms with Gasteiger partial charge in [-0.1, -0.05) is 19.1 Å². The van der Waals surface area contributed by atoms with E-state index in [1.54, 1.807) is 47.6 Å². The van der Waals surface area contributed by atoms with Crippen molar-refractivity contribution in [3.63, 3.8) is 0 Å². The number of carbonyl (C=O) groups excluding carboxylic acids is 1. The van der Waals surface area contributed by atoms with Crippen LogP contribution in [0.4, 0.5) is 0 Å². The highest BCUT2D eigenvalue weighted by atomic mass is 16.3. The molecule has 0 radical (unpaired) electrons. The Morgan fingerprint density at radius 2 is 2.12 bits per heavy atom. The lowest BCUT2D eigenvalue weighted by molar-refractivity contribution is -0.128. The fourth-order valence-corrected chi connectivity index (χ4v) is 2.68. The van der Waals surface area contributed by atoms with Crippen LogP contribution in [0.5, 0.6) is 0 Å². The van der Waals surface area contributed by atoms with Crippen LogP contribution in [-0.4, -0.2) is 26.8 Å². The second kappa shape index (κ2) is 7.82. The van der Waals surface area contributed by atoms with E-state index in [1.807, 2.05) is 19.9 Å². The summed E-state index contributed by atoms with van der Waals surface area (Å²) in [4.78, 5) is 33.9. The van der Waals surface area contributed by atoms with Crippen molar-refractivity contribution < 1.29 is 9.21 Å². The van der Waals surface area contributed by atoms with Crippen molar-refractivity contribution in [1.82, 2.24) is 14.9 Å². The number of aromatic amines is 1. The van der Waals surface area contributed by atoms with Crippen molar-refractivity contribution in [1.29, 1.82) is 0 Å². The summed E-state index contributed by atoms with van der Waals surface area (Å²) >= 11 is 0. The molecular formula is C20H21N3O3. The van der Waals surface area contributed by atoms with Crippen LogP contribution in [0.15, 0.2) is 57.9 Å². The number of benzene rings is 1. The zero-order chi connectivity index (χ0) is 18.5. The molecule has 2 heterocycles. The van der Waals surface area contributed by atoms with Gasteiger partial charge < -0.3 is 14.3 Å². The van der Waals surface area contributed by atoms with Crippen LogP contribution in [0.1, 0.15) is 31.9 Å². The maximum atomic E-state index is 12.7. The number of aromatic nitrogens is 2. The topological polar surface area (TPSA) is 79.2 Å². The number of hydrogen-bond acceptors (Lipinski definition) is 4. The zero-order valence-corrected chi connectivity index (χ0v) is 14.8. The van der Waals surface area contributed by atoms with Crippen LogP contribution < -0.4 is 5.56 Å². The highest BCUT2D eigenvalue weighted by molar-refractivity contribution is 5.91. The van der Waals surface area contributed by atoms with Crippen LogP contribution in [-0.2, 0) is 11.3 Å². The summed E-state index contributed by atoms with van der Waals surface area (Å²) in [5, 5.41) is 0.537. The Bertz CT molecular complexity index is 973. The van der Waals surface area contributed by atoms with Gasteiger partial charge in [-0.25, -0.2) is 4.98 Å². The van der Waals surface area contributed by atoms with Gasteiger partial charge in [0, 0.05) is 12.1 Å². The van der Waals surface area contributed by atoms with E-state index < -0.39 is 0 Å². The number of nitrogens with zero attached hydrogens (tertiary/aromatic N) is 2. The maximum absolute atomic E-state index is 12.7. The minimum atomic E-state index is -0.201. The molecule has 0 unspecified atom stereocenters. The third-order valence-corrected chi connectivity index (χ3v) is 4.32. The van der Waals surface area contributed by atoms with Crippen LogP contribution in [0.25, 0.3) is 17.0 Å². The Labute approximate surface area is 151 Å². The van der Waals surface area contributed by atoms with Crippen molar-refractivity contribution in [2.75, 3.05) is 0 Å². The quantitative estimate of drug-likeness (QED) is 0.691. The molecule has 1 amide bonds. The van der Waals surface area contributed by atoms with Crippen LogP contribution >= 0.6 is 0 Å². The van der Waals surface area contributed by atoms with Gasteiger partial charge in [0.05, 0.1) is 23.7 Å². The standard InChI is InChI=1S/C20H21N3O3/c1-3-14(2)23(19(24)11-10-15-7-6-12-26-15)13-18-21-17-9-5-4-8-16(17)20(25)22-18/h4-12,14H,3,13H2,1-2H3,(H,21,22,25)/b11-10+/t14-/m0/s1. The van der Waals surface area contributed by atoms with Crippen molar-refractivity contribution in [2.45, 2.75) is 32.9 Å². The third kappa shape index (κ3) is 3.91. The van der Waals surface area contributed by atoms with Gasteiger partial charge in [-0.15, -0.1) is 0 Å². The van der Waals surface area contributed by atoms with Crippen molar-refractivity contribution in [3.8, 4) is 0 Å². The first-order chi connectivity index (χ1) is 12.6.